The molecule has 0 saturated carbocycles. The molecule has 0 aliphatic rings. The first kappa shape index (κ1) is 28.2. The van der Waals surface area contributed by atoms with Crippen LogP contribution in [0.2, 0.25) is 0 Å². The van der Waals surface area contributed by atoms with Crippen LogP contribution in [0.4, 0.5) is 0 Å². The third kappa shape index (κ3) is 25.2. The fourth-order valence-corrected chi connectivity index (χ4v) is 3.61. The Labute approximate surface area is 183 Å². The molecule has 29 heavy (non-hydrogen) atoms. The molecule has 2 nitrogen and oxygen atoms in total. The van der Waals surface area contributed by atoms with E-state index in [1.165, 1.54) is 96.3 Å². The van der Waals surface area contributed by atoms with E-state index in [1.54, 1.807) is 0 Å². The van der Waals surface area contributed by atoms with Gasteiger partial charge in [-0.05, 0) is 44.4 Å². The molecule has 0 N–H and O–H groups in total. The third-order valence-electron chi connectivity index (χ3n) is 5.58. The Balaban J connectivity index is 3.21. The van der Waals surface area contributed by atoms with Crippen molar-refractivity contribution in [3.8, 4) is 0 Å². The third-order valence-corrected chi connectivity index (χ3v) is 5.58. The molecule has 0 aromatic carbocycles. The summed E-state index contributed by atoms with van der Waals surface area (Å²) in [6, 6.07) is 0. The van der Waals surface area contributed by atoms with Crippen LogP contribution in [0.15, 0.2) is 12.2 Å². The van der Waals surface area contributed by atoms with Crippen LogP contribution in [0.5, 0.6) is 0 Å². The van der Waals surface area contributed by atoms with Crippen molar-refractivity contribution in [3.63, 3.8) is 0 Å². The molecule has 0 amide bonds. The van der Waals surface area contributed by atoms with Gasteiger partial charge in [-0.2, -0.15) is 0 Å². The molecule has 0 unspecified atom stereocenters. The van der Waals surface area contributed by atoms with Crippen molar-refractivity contribution in [2.75, 3.05) is 6.61 Å². The first-order chi connectivity index (χ1) is 14.2. The number of carbonyl (C=O) groups is 1. The average Bonchev–Trinajstić information content (AvgIpc) is 2.70. The summed E-state index contributed by atoms with van der Waals surface area (Å²) in [6.07, 6.45) is 28.2. The second kappa shape index (κ2) is 23.5. The Kier molecular flexibility index (Phi) is 22.8. The lowest BCUT2D eigenvalue weighted by atomic mass is 10.0. The fraction of sp³-hybridized carbons (Fsp3) is 0.889. The molecule has 0 aliphatic heterocycles. The second-order valence-electron chi connectivity index (χ2n) is 9.15. The zero-order valence-electron chi connectivity index (χ0n) is 20.2. The number of unbranched alkanes of at least 4 members (excludes halogenated alkanes) is 14. The largest absolute Gasteiger partial charge is 0.466 e. The zero-order chi connectivity index (χ0) is 21.4. The molecule has 0 saturated heterocycles. The first-order valence-corrected chi connectivity index (χ1v) is 13.0. The highest BCUT2D eigenvalue weighted by Crippen LogP contribution is 2.11. The van der Waals surface area contributed by atoms with Crippen LogP contribution < -0.4 is 0 Å². The van der Waals surface area contributed by atoms with Crippen molar-refractivity contribution in [3.05, 3.63) is 12.2 Å². The molecule has 0 aromatic rings. The summed E-state index contributed by atoms with van der Waals surface area (Å²) in [5.74, 6) is 0.809. The van der Waals surface area contributed by atoms with Gasteiger partial charge in [0.05, 0.1) is 6.61 Å². The van der Waals surface area contributed by atoms with Gasteiger partial charge in [-0.15, -0.1) is 0 Å². The number of rotatable bonds is 22. The standard InChI is InChI=1S/C27H52O2/c1-4-5-6-7-8-9-10-11-12-13-14-15-16-17-21-24-27(28)29-25-22-19-18-20-23-26(2)3/h11-12,26H,4-10,13-25H2,1-3H3/b12-11-. The normalized spacial score (nSPS) is 11.6. The van der Waals surface area contributed by atoms with Gasteiger partial charge in [-0.3, -0.25) is 4.79 Å². The minimum absolute atomic E-state index is 0.00445. The van der Waals surface area contributed by atoms with Gasteiger partial charge < -0.3 is 4.74 Å². The van der Waals surface area contributed by atoms with E-state index in [-0.39, 0.29) is 5.97 Å². The summed E-state index contributed by atoms with van der Waals surface area (Å²) in [5.41, 5.74) is 0. The van der Waals surface area contributed by atoms with Crippen LogP contribution in [0.3, 0.4) is 0 Å². The molecular formula is C27H52O2. The summed E-state index contributed by atoms with van der Waals surface area (Å²) in [5, 5.41) is 0. The minimum Gasteiger partial charge on any atom is -0.466 e. The van der Waals surface area contributed by atoms with E-state index in [9.17, 15) is 4.79 Å². The lowest BCUT2D eigenvalue weighted by molar-refractivity contribution is -0.143. The van der Waals surface area contributed by atoms with Gasteiger partial charge in [-0.25, -0.2) is 0 Å². The quantitative estimate of drug-likeness (QED) is 0.101. The predicted octanol–water partition coefficient (Wildman–Crippen LogP) is 9.17. The molecule has 0 rings (SSSR count). The maximum Gasteiger partial charge on any atom is 0.305 e. The Morgan fingerprint density at radius 1 is 0.690 bits per heavy atom. The van der Waals surface area contributed by atoms with E-state index in [0.717, 1.165) is 25.2 Å². The summed E-state index contributed by atoms with van der Waals surface area (Å²) < 4.78 is 5.34. The molecule has 0 heterocycles. The molecule has 0 atom stereocenters. The van der Waals surface area contributed by atoms with Crippen molar-refractivity contribution >= 4 is 5.97 Å². The molecule has 0 radical (unpaired) electrons. The smallest absolute Gasteiger partial charge is 0.305 e. The predicted molar refractivity (Wildman–Crippen MR) is 128 cm³/mol. The lowest BCUT2D eigenvalue weighted by Crippen LogP contribution is -2.05. The van der Waals surface area contributed by atoms with E-state index >= 15 is 0 Å². The maximum absolute atomic E-state index is 11.7. The van der Waals surface area contributed by atoms with Crippen LogP contribution in [0.25, 0.3) is 0 Å². The van der Waals surface area contributed by atoms with Crippen molar-refractivity contribution in [1.82, 2.24) is 0 Å². The first-order valence-electron chi connectivity index (χ1n) is 13.0. The number of esters is 1. The number of hydrogen-bond acceptors (Lipinski definition) is 2. The van der Waals surface area contributed by atoms with Gasteiger partial charge in [-0.1, -0.05) is 110 Å². The van der Waals surface area contributed by atoms with Gasteiger partial charge >= 0.3 is 5.97 Å². The van der Waals surface area contributed by atoms with Gasteiger partial charge in [0.25, 0.3) is 0 Å². The number of allylic oxidation sites excluding steroid dienone is 2. The van der Waals surface area contributed by atoms with Crippen LogP contribution in [-0.2, 0) is 9.53 Å². The van der Waals surface area contributed by atoms with Gasteiger partial charge in [0, 0.05) is 6.42 Å². The summed E-state index contributed by atoms with van der Waals surface area (Å²) >= 11 is 0. The Bertz CT molecular complexity index is 360. The van der Waals surface area contributed by atoms with E-state index in [4.69, 9.17) is 4.74 Å². The summed E-state index contributed by atoms with van der Waals surface area (Å²) in [6.45, 7) is 7.44. The van der Waals surface area contributed by atoms with Gasteiger partial charge in [0.2, 0.25) is 0 Å². The maximum atomic E-state index is 11.7. The minimum atomic E-state index is 0.00445. The van der Waals surface area contributed by atoms with E-state index < -0.39 is 0 Å². The molecule has 0 fully saturated rings. The van der Waals surface area contributed by atoms with Crippen LogP contribution >= 0.6 is 0 Å². The molecule has 2 heteroatoms. The summed E-state index contributed by atoms with van der Waals surface area (Å²) in [4.78, 5) is 11.7. The monoisotopic (exact) mass is 408 g/mol. The molecule has 0 aliphatic carbocycles. The highest BCUT2D eigenvalue weighted by atomic mass is 16.5. The number of ether oxygens (including phenoxy) is 1. The highest BCUT2D eigenvalue weighted by Gasteiger charge is 2.02. The Morgan fingerprint density at radius 3 is 1.83 bits per heavy atom. The van der Waals surface area contributed by atoms with E-state index in [2.05, 4.69) is 32.9 Å². The van der Waals surface area contributed by atoms with Crippen LogP contribution in [-0.4, -0.2) is 12.6 Å². The van der Waals surface area contributed by atoms with Crippen molar-refractivity contribution in [2.45, 2.75) is 143 Å². The van der Waals surface area contributed by atoms with E-state index in [1.807, 2.05) is 0 Å². The summed E-state index contributed by atoms with van der Waals surface area (Å²) in [7, 11) is 0. The Morgan fingerprint density at radius 2 is 1.21 bits per heavy atom. The van der Waals surface area contributed by atoms with E-state index in [0.29, 0.717) is 13.0 Å². The average molecular weight is 409 g/mol. The van der Waals surface area contributed by atoms with Crippen LogP contribution in [0.1, 0.15) is 143 Å². The molecule has 172 valence electrons. The molecule has 0 aromatic heterocycles. The lowest BCUT2D eigenvalue weighted by Gasteiger charge is -2.06. The zero-order valence-corrected chi connectivity index (χ0v) is 20.2. The number of carbonyl (C=O) groups excluding carboxylic acids is 1. The Hall–Kier alpha value is -0.790. The number of hydrogen-bond donors (Lipinski definition) is 0. The fourth-order valence-electron chi connectivity index (χ4n) is 3.61. The molecule has 0 spiro atoms. The highest BCUT2D eigenvalue weighted by molar-refractivity contribution is 5.69. The van der Waals surface area contributed by atoms with Gasteiger partial charge in [0.1, 0.15) is 0 Å². The molecular weight excluding hydrogens is 356 g/mol. The van der Waals surface area contributed by atoms with Crippen LogP contribution in [0, 0.1) is 5.92 Å². The van der Waals surface area contributed by atoms with Crippen molar-refractivity contribution < 1.29 is 9.53 Å². The molecule has 0 bridgehead atoms. The second-order valence-corrected chi connectivity index (χ2v) is 9.15. The SMILES string of the molecule is CCCCCCCC/C=C\CCCCCCCC(=O)OCCCCCCC(C)C. The van der Waals surface area contributed by atoms with Crippen molar-refractivity contribution in [1.29, 1.82) is 0 Å². The topological polar surface area (TPSA) is 26.3 Å². The van der Waals surface area contributed by atoms with Crippen molar-refractivity contribution in [2.24, 2.45) is 5.92 Å². The van der Waals surface area contributed by atoms with Gasteiger partial charge in [0.15, 0.2) is 0 Å².